The summed E-state index contributed by atoms with van der Waals surface area (Å²) < 4.78 is 31.9. The van der Waals surface area contributed by atoms with Gasteiger partial charge in [-0.15, -0.1) is 11.8 Å². The zero-order chi connectivity index (χ0) is 23.8. The second-order valence-corrected chi connectivity index (χ2v) is 7.87. The molecule has 170 valence electrons. The third-order valence-corrected chi connectivity index (χ3v) is 5.45. The number of amides is 2. The minimum Gasteiger partial charge on any atom is -0.449 e. The molecule has 3 rings (SSSR count). The fourth-order valence-electron chi connectivity index (χ4n) is 2.71. The second-order valence-electron chi connectivity index (χ2n) is 6.86. The number of anilines is 2. The molecular formula is C24H20F2N2O4S. The van der Waals surface area contributed by atoms with E-state index in [2.05, 4.69) is 10.6 Å². The van der Waals surface area contributed by atoms with Gasteiger partial charge in [0.15, 0.2) is 6.10 Å². The first-order chi connectivity index (χ1) is 15.8. The van der Waals surface area contributed by atoms with Crippen molar-refractivity contribution < 1.29 is 27.9 Å². The van der Waals surface area contributed by atoms with Crippen LogP contribution in [0.2, 0.25) is 0 Å². The molecule has 0 heterocycles. The molecule has 0 spiro atoms. The van der Waals surface area contributed by atoms with E-state index in [-0.39, 0.29) is 22.9 Å². The number of hydrogen-bond acceptors (Lipinski definition) is 5. The number of thioether (sulfide) groups is 1. The van der Waals surface area contributed by atoms with Crippen molar-refractivity contribution in [3.05, 3.63) is 90.0 Å². The number of hydrogen-bond donors (Lipinski definition) is 2. The molecule has 0 aliphatic rings. The highest BCUT2D eigenvalue weighted by Crippen LogP contribution is 2.24. The van der Waals surface area contributed by atoms with Crippen LogP contribution >= 0.6 is 11.8 Å². The third-order valence-electron chi connectivity index (χ3n) is 4.38. The minimum absolute atomic E-state index is 0.00894. The molecule has 0 bridgehead atoms. The van der Waals surface area contributed by atoms with Gasteiger partial charge >= 0.3 is 5.97 Å². The lowest BCUT2D eigenvalue weighted by molar-refractivity contribution is -0.123. The lowest BCUT2D eigenvalue weighted by atomic mass is 10.2. The first kappa shape index (κ1) is 23.9. The lowest BCUT2D eigenvalue weighted by Gasteiger charge is -2.15. The van der Waals surface area contributed by atoms with Crippen LogP contribution in [-0.2, 0) is 14.3 Å². The zero-order valence-corrected chi connectivity index (χ0v) is 18.3. The van der Waals surface area contributed by atoms with Gasteiger partial charge in [-0.3, -0.25) is 9.59 Å². The molecule has 1 unspecified atom stereocenters. The fourth-order valence-corrected chi connectivity index (χ4v) is 3.55. The summed E-state index contributed by atoms with van der Waals surface area (Å²) in [6.45, 7) is 1.37. The van der Waals surface area contributed by atoms with Crippen LogP contribution in [0.15, 0.2) is 77.7 Å². The third kappa shape index (κ3) is 6.88. The van der Waals surface area contributed by atoms with Gasteiger partial charge in [-0.1, -0.05) is 24.3 Å². The van der Waals surface area contributed by atoms with Crippen LogP contribution in [0.3, 0.4) is 0 Å². The summed E-state index contributed by atoms with van der Waals surface area (Å²) in [6, 6.07) is 17.5. The van der Waals surface area contributed by atoms with E-state index >= 15 is 0 Å². The van der Waals surface area contributed by atoms with E-state index in [4.69, 9.17) is 4.74 Å². The SMILES string of the molecule is CC(OC(=O)c1ccccc1SCC(=O)Nc1ccc(F)cc1)C(=O)Nc1ccccc1F. The number of rotatable bonds is 8. The number of para-hydroxylation sites is 1. The van der Waals surface area contributed by atoms with Crippen molar-refractivity contribution in [3.8, 4) is 0 Å². The van der Waals surface area contributed by atoms with Crippen LogP contribution in [0.5, 0.6) is 0 Å². The fraction of sp³-hybridized carbons (Fsp3) is 0.125. The van der Waals surface area contributed by atoms with Crippen molar-refractivity contribution in [3.63, 3.8) is 0 Å². The number of ether oxygens (including phenoxy) is 1. The summed E-state index contributed by atoms with van der Waals surface area (Å²) in [5.41, 5.74) is 0.612. The molecule has 0 radical (unpaired) electrons. The smallest absolute Gasteiger partial charge is 0.340 e. The Kier molecular flexibility index (Phi) is 8.15. The summed E-state index contributed by atoms with van der Waals surface area (Å²) >= 11 is 1.11. The van der Waals surface area contributed by atoms with E-state index in [0.29, 0.717) is 10.6 Å². The topological polar surface area (TPSA) is 84.5 Å². The van der Waals surface area contributed by atoms with E-state index in [1.54, 1.807) is 24.3 Å². The average Bonchev–Trinajstić information content (AvgIpc) is 2.80. The van der Waals surface area contributed by atoms with Crippen molar-refractivity contribution in [2.24, 2.45) is 0 Å². The van der Waals surface area contributed by atoms with Gasteiger partial charge in [0.1, 0.15) is 11.6 Å². The summed E-state index contributed by atoms with van der Waals surface area (Å²) in [7, 11) is 0. The zero-order valence-electron chi connectivity index (χ0n) is 17.5. The maximum atomic E-state index is 13.7. The average molecular weight is 470 g/mol. The Hall–Kier alpha value is -3.72. The monoisotopic (exact) mass is 470 g/mol. The van der Waals surface area contributed by atoms with Gasteiger partial charge in [0.05, 0.1) is 17.0 Å². The number of esters is 1. The van der Waals surface area contributed by atoms with Gasteiger partial charge in [-0.05, 0) is 55.5 Å². The second kappa shape index (κ2) is 11.2. The molecule has 6 nitrogen and oxygen atoms in total. The summed E-state index contributed by atoms with van der Waals surface area (Å²) in [5.74, 6) is -2.81. The van der Waals surface area contributed by atoms with Gasteiger partial charge in [-0.25, -0.2) is 13.6 Å². The Morgan fingerprint density at radius 3 is 2.30 bits per heavy atom. The predicted molar refractivity (Wildman–Crippen MR) is 122 cm³/mol. The van der Waals surface area contributed by atoms with Crippen molar-refractivity contribution in [2.75, 3.05) is 16.4 Å². The molecule has 1 atom stereocenters. The summed E-state index contributed by atoms with van der Waals surface area (Å²) in [6.07, 6.45) is -1.18. The lowest BCUT2D eigenvalue weighted by Crippen LogP contribution is -2.30. The van der Waals surface area contributed by atoms with E-state index in [1.807, 2.05) is 0 Å². The van der Waals surface area contributed by atoms with Gasteiger partial charge < -0.3 is 15.4 Å². The molecular weight excluding hydrogens is 450 g/mol. The number of halogens is 2. The van der Waals surface area contributed by atoms with E-state index in [0.717, 1.165) is 11.8 Å². The molecule has 3 aromatic rings. The van der Waals surface area contributed by atoms with Crippen LogP contribution in [0, 0.1) is 11.6 Å². The molecule has 0 aromatic heterocycles. The van der Waals surface area contributed by atoms with E-state index < -0.39 is 29.6 Å². The highest BCUT2D eigenvalue weighted by molar-refractivity contribution is 8.00. The van der Waals surface area contributed by atoms with Crippen molar-refractivity contribution >= 4 is 40.9 Å². The normalized spacial score (nSPS) is 11.4. The standard InChI is InChI=1S/C24H20F2N2O4S/c1-15(23(30)28-20-8-4-3-7-19(20)26)32-24(31)18-6-2-5-9-21(18)33-14-22(29)27-17-12-10-16(25)11-13-17/h2-13,15H,14H2,1H3,(H,27,29)(H,28,30). The maximum Gasteiger partial charge on any atom is 0.340 e. The van der Waals surface area contributed by atoms with Crippen molar-refractivity contribution in [2.45, 2.75) is 17.9 Å². The number of nitrogens with one attached hydrogen (secondary N) is 2. The Bertz CT molecular complexity index is 1160. The van der Waals surface area contributed by atoms with Crippen molar-refractivity contribution in [1.29, 1.82) is 0 Å². The predicted octanol–water partition coefficient (Wildman–Crippen LogP) is 4.88. The number of carbonyl (C=O) groups is 3. The molecule has 2 N–H and O–H groups in total. The largest absolute Gasteiger partial charge is 0.449 e. The van der Waals surface area contributed by atoms with Crippen LogP contribution in [-0.4, -0.2) is 29.6 Å². The first-order valence-corrected chi connectivity index (χ1v) is 10.9. The van der Waals surface area contributed by atoms with Gasteiger partial charge in [0, 0.05) is 10.6 Å². The van der Waals surface area contributed by atoms with Gasteiger partial charge in [0.25, 0.3) is 5.91 Å². The molecule has 0 saturated carbocycles. The molecule has 33 heavy (non-hydrogen) atoms. The van der Waals surface area contributed by atoms with Crippen LogP contribution in [0.1, 0.15) is 17.3 Å². The van der Waals surface area contributed by atoms with Crippen LogP contribution in [0.4, 0.5) is 20.2 Å². The molecule has 0 fully saturated rings. The van der Waals surface area contributed by atoms with Gasteiger partial charge in [-0.2, -0.15) is 0 Å². The van der Waals surface area contributed by atoms with E-state index in [1.165, 1.54) is 55.5 Å². The molecule has 0 aliphatic carbocycles. The summed E-state index contributed by atoms with van der Waals surface area (Å²) in [5, 5.41) is 5.01. The Morgan fingerprint density at radius 1 is 0.909 bits per heavy atom. The minimum atomic E-state index is -1.18. The highest BCUT2D eigenvalue weighted by atomic mass is 32.2. The Labute approximate surface area is 193 Å². The van der Waals surface area contributed by atoms with Crippen LogP contribution in [0.25, 0.3) is 0 Å². The first-order valence-electron chi connectivity index (χ1n) is 9.87. The van der Waals surface area contributed by atoms with Crippen molar-refractivity contribution in [1.82, 2.24) is 0 Å². The number of benzene rings is 3. The highest BCUT2D eigenvalue weighted by Gasteiger charge is 2.22. The molecule has 0 aliphatic heterocycles. The van der Waals surface area contributed by atoms with E-state index in [9.17, 15) is 23.2 Å². The maximum absolute atomic E-state index is 13.7. The molecule has 3 aromatic carbocycles. The quantitative estimate of drug-likeness (QED) is 0.362. The molecule has 9 heteroatoms. The number of carbonyl (C=O) groups excluding carboxylic acids is 3. The Morgan fingerprint density at radius 2 is 1.58 bits per heavy atom. The summed E-state index contributed by atoms with van der Waals surface area (Å²) in [4.78, 5) is 37.6. The van der Waals surface area contributed by atoms with Crippen LogP contribution < -0.4 is 10.6 Å². The molecule has 2 amide bonds. The van der Waals surface area contributed by atoms with Gasteiger partial charge in [0.2, 0.25) is 5.91 Å². The Balaban J connectivity index is 1.58. The molecule has 0 saturated heterocycles.